The van der Waals surface area contributed by atoms with Gasteiger partial charge in [-0.2, -0.15) is 0 Å². The molecule has 1 aliphatic heterocycles. The maximum absolute atomic E-state index is 12.7. The topological polar surface area (TPSA) is 66.5 Å². The van der Waals surface area contributed by atoms with E-state index >= 15 is 0 Å². The number of benzene rings is 2. The van der Waals surface area contributed by atoms with Gasteiger partial charge in [0.2, 0.25) is 15.9 Å². The van der Waals surface area contributed by atoms with Gasteiger partial charge in [-0.1, -0.05) is 47.5 Å². The summed E-state index contributed by atoms with van der Waals surface area (Å²) in [6, 6.07) is 13.5. The number of anilines is 1. The Bertz CT molecular complexity index is 944. The molecule has 0 bridgehead atoms. The van der Waals surface area contributed by atoms with Gasteiger partial charge in [0.25, 0.3) is 0 Å². The van der Waals surface area contributed by atoms with Crippen molar-refractivity contribution in [2.24, 2.45) is 5.92 Å². The molecule has 1 amide bonds. The fourth-order valence-electron chi connectivity index (χ4n) is 3.57. The van der Waals surface area contributed by atoms with E-state index in [1.807, 2.05) is 63.2 Å². The Morgan fingerprint density at radius 1 is 1.00 bits per heavy atom. The summed E-state index contributed by atoms with van der Waals surface area (Å²) in [5.41, 5.74) is 4.91. The van der Waals surface area contributed by atoms with Crippen LogP contribution in [0.5, 0.6) is 0 Å². The first-order valence-corrected chi connectivity index (χ1v) is 11.3. The number of carbonyl (C=O) groups is 1. The van der Waals surface area contributed by atoms with Crippen molar-refractivity contribution in [3.63, 3.8) is 0 Å². The van der Waals surface area contributed by atoms with Crippen LogP contribution in [-0.2, 0) is 20.6 Å². The van der Waals surface area contributed by atoms with Crippen molar-refractivity contribution in [3.05, 3.63) is 64.7 Å². The minimum absolute atomic E-state index is 0.00665. The Hall–Kier alpha value is -2.18. The zero-order valence-electron chi connectivity index (χ0n) is 16.7. The van der Waals surface area contributed by atoms with Crippen molar-refractivity contribution in [2.75, 3.05) is 18.4 Å². The molecule has 0 atom stereocenters. The van der Waals surface area contributed by atoms with Crippen molar-refractivity contribution in [3.8, 4) is 0 Å². The van der Waals surface area contributed by atoms with Crippen LogP contribution in [-0.4, -0.2) is 31.7 Å². The summed E-state index contributed by atoms with van der Waals surface area (Å²) in [4.78, 5) is 12.6. The molecule has 1 N–H and O–H groups in total. The number of amides is 1. The molecule has 5 nitrogen and oxygen atoms in total. The molecule has 150 valence electrons. The molecular weight excluding hydrogens is 372 g/mol. The van der Waals surface area contributed by atoms with Crippen molar-refractivity contribution in [1.29, 1.82) is 0 Å². The average Bonchev–Trinajstić information content (AvgIpc) is 2.66. The molecule has 1 aliphatic rings. The number of piperidine rings is 1. The fourth-order valence-corrected chi connectivity index (χ4v) is 5.13. The first-order chi connectivity index (χ1) is 13.2. The Morgan fingerprint density at radius 2 is 1.61 bits per heavy atom. The van der Waals surface area contributed by atoms with E-state index in [0.717, 1.165) is 27.9 Å². The summed E-state index contributed by atoms with van der Waals surface area (Å²) in [6.45, 7) is 6.75. The van der Waals surface area contributed by atoms with Crippen LogP contribution in [0.3, 0.4) is 0 Å². The van der Waals surface area contributed by atoms with Gasteiger partial charge in [0.1, 0.15) is 0 Å². The maximum atomic E-state index is 12.7. The number of carbonyl (C=O) groups excluding carboxylic acids is 1. The van der Waals surface area contributed by atoms with E-state index in [1.165, 1.54) is 4.31 Å². The molecule has 2 aromatic rings. The van der Waals surface area contributed by atoms with E-state index in [9.17, 15) is 13.2 Å². The standard InChI is InChI=1S/C22H28N2O3S/c1-16-4-7-19(8-5-16)15-28(26,27)24-12-10-20(11-13-24)22(25)23-21-9-6-17(2)14-18(21)3/h4-9,14,20H,10-13,15H2,1-3H3,(H,23,25). The summed E-state index contributed by atoms with van der Waals surface area (Å²) >= 11 is 0. The van der Waals surface area contributed by atoms with Crippen LogP contribution in [0.2, 0.25) is 0 Å². The quantitative estimate of drug-likeness (QED) is 0.830. The predicted molar refractivity (Wildman–Crippen MR) is 113 cm³/mol. The number of aryl methyl sites for hydroxylation is 3. The van der Waals surface area contributed by atoms with Gasteiger partial charge in [-0.15, -0.1) is 0 Å². The molecule has 0 saturated carbocycles. The van der Waals surface area contributed by atoms with Crippen LogP contribution < -0.4 is 5.32 Å². The Balaban J connectivity index is 1.57. The lowest BCUT2D eigenvalue weighted by molar-refractivity contribution is -0.120. The zero-order valence-corrected chi connectivity index (χ0v) is 17.6. The van der Waals surface area contributed by atoms with E-state index in [2.05, 4.69) is 5.32 Å². The van der Waals surface area contributed by atoms with Crippen molar-refractivity contribution >= 4 is 21.6 Å². The molecule has 6 heteroatoms. The second-order valence-electron chi connectivity index (χ2n) is 7.72. The smallest absolute Gasteiger partial charge is 0.227 e. The van der Waals surface area contributed by atoms with E-state index < -0.39 is 10.0 Å². The highest BCUT2D eigenvalue weighted by molar-refractivity contribution is 7.88. The predicted octanol–water partition coefficient (Wildman–Crippen LogP) is 3.79. The molecule has 0 radical (unpaired) electrons. The lowest BCUT2D eigenvalue weighted by Gasteiger charge is -2.30. The molecule has 0 aromatic heterocycles. The summed E-state index contributed by atoms with van der Waals surface area (Å²) < 4.78 is 26.9. The molecule has 3 rings (SSSR count). The summed E-state index contributed by atoms with van der Waals surface area (Å²) in [5.74, 6) is -0.179. The van der Waals surface area contributed by atoms with Crippen molar-refractivity contribution in [1.82, 2.24) is 4.31 Å². The summed E-state index contributed by atoms with van der Waals surface area (Å²) in [7, 11) is -3.37. The average molecular weight is 401 g/mol. The third-order valence-electron chi connectivity index (χ3n) is 5.33. The van der Waals surface area contributed by atoms with E-state index in [4.69, 9.17) is 0 Å². The number of hydrogen-bond donors (Lipinski definition) is 1. The molecular formula is C22H28N2O3S. The monoisotopic (exact) mass is 400 g/mol. The lowest BCUT2D eigenvalue weighted by atomic mass is 9.97. The first kappa shape index (κ1) is 20.6. The van der Waals surface area contributed by atoms with Crippen LogP contribution in [0.15, 0.2) is 42.5 Å². The SMILES string of the molecule is Cc1ccc(CS(=O)(=O)N2CCC(C(=O)Nc3ccc(C)cc3C)CC2)cc1. The number of rotatable bonds is 5. The minimum Gasteiger partial charge on any atom is -0.326 e. The van der Waals surface area contributed by atoms with Gasteiger partial charge in [0.15, 0.2) is 0 Å². The highest BCUT2D eigenvalue weighted by Crippen LogP contribution is 2.24. The minimum atomic E-state index is -3.37. The fraction of sp³-hybridized carbons (Fsp3) is 0.409. The highest BCUT2D eigenvalue weighted by Gasteiger charge is 2.31. The second kappa shape index (κ2) is 8.45. The van der Waals surface area contributed by atoms with Gasteiger partial charge in [0, 0.05) is 24.7 Å². The Morgan fingerprint density at radius 3 is 2.21 bits per heavy atom. The van der Waals surface area contributed by atoms with Crippen molar-refractivity contribution < 1.29 is 13.2 Å². The Kier molecular flexibility index (Phi) is 6.20. The van der Waals surface area contributed by atoms with Gasteiger partial charge < -0.3 is 5.32 Å². The van der Waals surface area contributed by atoms with E-state index in [0.29, 0.717) is 25.9 Å². The number of sulfonamides is 1. The Labute approximate surface area is 167 Å². The first-order valence-electron chi connectivity index (χ1n) is 9.66. The van der Waals surface area contributed by atoms with Crippen LogP contribution in [0, 0.1) is 26.7 Å². The second-order valence-corrected chi connectivity index (χ2v) is 9.69. The molecule has 0 aliphatic carbocycles. The summed E-state index contributed by atoms with van der Waals surface area (Å²) in [6.07, 6.45) is 1.09. The molecule has 1 fully saturated rings. The molecule has 28 heavy (non-hydrogen) atoms. The van der Waals surface area contributed by atoms with Gasteiger partial charge in [-0.3, -0.25) is 4.79 Å². The van der Waals surface area contributed by atoms with Crippen molar-refractivity contribution in [2.45, 2.75) is 39.4 Å². The van der Waals surface area contributed by atoms with Crippen LogP contribution >= 0.6 is 0 Å². The number of nitrogens with zero attached hydrogens (tertiary/aromatic N) is 1. The molecule has 0 spiro atoms. The molecule has 0 unspecified atom stereocenters. The third kappa shape index (κ3) is 5.00. The summed E-state index contributed by atoms with van der Waals surface area (Å²) in [5, 5.41) is 3.00. The maximum Gasteiger partial charge on any atom is 0.227 e. The molecule has 1 heterocycles. The van der Waals surface area contributed by atoms with E-state index in [-0.39, 0.29) is 17.6 Å². The zero-order chi connectivity index (χ0) is 20.3. The third-order valence-corrected chi connectivity index (χ3v) is 7.18. The lowest BCUT2D eigenvalue weighted by Crippen LogP contribution is -2.41. The van der Waals surface area contributed by atoms with Crippen LogP contribution in [0.25, 0.3) is 0 Å². The van der Waals surface area contributed by atoms with Crippen LogP contribution in [0.4, 0.5) is 5.69 Å². The normalized spacial score (nSPS) is 16.1. The van der Waals surface area contributed by atoms with Gasteiger partial charge in [-0.05, 0) is 50.8 Å². The molecule has 1 saturated heterocycles. The highest BCUT2D eigenvalue weighted by atomic mass is 32.2. The largest absolute Gasteiger partial charge is 0.326 e. The van der Waals surface area contributed by atoms with Gasteiger partial charge >= 0.3 is 0 Å². The molecule has 2 aromatic carbocycles. The van der Waals surface area contributed by atoms with Gasteiger partial charge in [0.05, 0.1) is 5.75 Å². The van der Waals surface area contributed by atoms with E-state index in [1.54, 1.807) is 0 Å². The van der Waals surface area contributed by atoms with Gasteiger partial charge in [-0.25, -0.2) is 12.7 Å². The number of hydrogen-bond acceptors (Lipinski definition) is 3. The van der Waals surface area contributed by atoms with Crippen LogP contribution in [0.1, 0.15) is 35.1 Å². The number of nitrogens with one attached hydrogen (secondary N) is 1.